The molecule has 0 aliphatic carbocycles. The summed E-state index contributed by atoms with van der Waals surface area (Å²) in [5.74, 6) is -0.153. The quantitative estimate of drug-likeness (QED) is 0.393. The maximum Gasteiger partial charge on any atom is 0.346 e. The third kappa shape index (κ3) is 5.15. The topological polar surface area (TPSA) is 88.9 Å². The molecule has 0 bridgehead atoms. The molecule has 0 amide bonds. The highest BCUT2D eigenvalue weighted by atomic mass is 16.6. The largest absolute Gasteiger partial charge is 0.493 e. The summed E-state index contributed by atoms with van der Waals surface area (Å²) in [6.45, 7) is 1.44. The first-order valence-electron chi connectivity index (χ1n) is 9.80. The first kappa shape index (κ1) is 22.6. The van der Waals surface area contributed by atoms with Gasteiger partial charge in [0.1, 0.15) is 5.69 Å². The Hall–Kier alpha value is -4.07. The Morgan fingerprint density at radius 3 is 2.38 bits per heavy atom. The Morgan fingerprint density at radius 2 is 1.72 bits per heavy atom. The number of ether oxygens (including phenoxy) is 4. The van der Waals surface area contributed by atoms with Crippen LogP contribution >= 0.6 is 0 Å². The number of hydrogen-bond donors (Lipinski definition) is 0. The average Bonchev–Trinajstić information content (AvgIpc) is 3.26. The van der Waals surface area contributed by atoms with Gasteiger partial charge in [-0.3, -0.25) is 0 Å². The van der Waals surface area contributed by atoms with Gasteiger partial charge in [0, 0.05) is 23.4 Å². The zero-order valence-electron chi connectivity index (χ0n) is 18.3. The maximum atomic E-state index is 12.2. The lowest BCUT2D eigenvalue weighted by molar-refractivity contribution is -0.161. The van der Waals surface area contributed by atoms with Gasteiger partial charge in [-0.1, -0.05) is 18.2 Å². The minimum Gasteiger partial charge on any atom is -0.493 e. The van der Waals surface area contributed by atoms with Gasteiger partial charge in [-0.2, -0.15) is 5.10 Å². The Labute approximate surface area is 186 Å². The van der Waals surface area contributed by atoms with Crippen molar-refractivity contribution in [2.24, 2.45) is 0 Å². The standard InChI is InChI=1S/C24H24N2O6/c1-16(24(28)31-4)32-22(27)13-11-18-15-26(19-8-6-5-7-9-19)25-23(18)17-10-12-20(29-2)21(14-17)30-3/h5-16H,1-4H3/b13-11+. The molecule has 0 aliphatic rings. The Balaban J connectivity index is 1.98. The van der Waals surface area contributed by atoms with Gasteiger partial charge in [0.25, 0.3) is 0 Å². The normalized spacial score (nSPS) is 11.8. The second-order valence-corrected chi connectivity index (χ2v) is 6.72. The molecule has 0 saturated heterocycles. The van der Waals surface area contributed by atoms with Crippen LogP contribution in [0, 0.1) is 0 Å². The van der Waals surface area contributed by atoms with Crippen molar-refractivity contribution in [3.8, 4) is 28.4 Å². The summed E-state index contributed by atoms with van der Waals surface area (Å²) in [5, 5.41) is 4.70. The SMILES string of the molecule is COC(=O)C(C)OC(=O)/C=C/c1cn(-c2ccccc2)nc1-c1ccc(OC)c(OC)c1. The van der Waals surface area contributed by atoms with Crippen molar-refractivity contribution < 1.29 is 28.5 Å². The highest BCUT2D eigenvalue weighted by molar-refractivity contribution is 5.90. The first-order chi connectivity index (χ1) is 15.5. The van der Waals surface area contributed by atoms with Crippen LogP contribution in [0.25, 0.3) is 23.0 Å². The summed E-state index contributed by atoms with van der Waals surface area (Å²) in [4.78, 5) is 23.6. The monoisotopic (exact) mass is 436 g/mol. The van der Waals surface area contributed by atoms with Crippen LogP contribution in [0.15, 0.2) is 60.8 Å². The molecule has 0 spiro atoms. The van der Waals surface area contributed by atoms with E-state index in [2.05, 4.69) is 4.74 Å². The molecule has 1 heterocycles. The van der Waals surface area contributed by atoms with E-state index in [0.717, 1.165) is 11.3 Å². The fourth-order valence-corrected chi connectivity index (χ4v) is 3.02. The summed E-state index contributed by atoms with van der Waals surface area (Å²) in [6, 6.07) is 15.0. The number of aromatic nitrogens is 2. The molecule has 0 fully saturated rings. The number of nitrogens with zero attached hydrogens (tertiary/aromatic N) is 2. The second kappa shape index (κ2) is 10.3. The van der Waals surface area contributed by atoms with Gasteiger partial charge < -0.3 is 18.9 Å². The molecule has 3 aromatic rings. The second-order valence-electron chi connectivity index (χ2n) is 6.72. The molecule has 0 saturated carbocycles. The minimum absolute atomic E-state index is 0.556. The first-order valence-corrected chi connectivity index (χ1v) is 9.80. The summed E-state index contributed by atoms with van der Waals surface area (Å²) in [5.41, 5.74) is 2.92. The molecule has 0 radical (unpaired) electrons. The van der Waals surface area contributed by atoms with Crippen molar-refractivity contribution in [2.75, 3.05) is 21.3 Å². The molecule has 8 nitrogen and oxygen atoms in total. The molecular weight excluding hydrogens is 412 g/mol. The van der Waals surface area contributed by atoms with Crippen LogP contribution < -0.4 is 9.47 Å². The van der Waals surface area contributed by atoms with E-state index in [1.54, 1.807) is 37.2 Å². The molecule has 1 atom stereocenters. The average molecular weight is 436 g/mol. The van der Waals surface area contributed by atoms with Gasteiger partial charge >= 0.3 is 11.9 Å². The number of carbonyl (C=O) groups excluding carboxylic acids is 2. The minimum atomic E-state index is -1.01. The predicted octanol–water partition coefficient (Wildman–Crippen LogP) is 3.67. The van der Waals surface area contributed by atoms with Gasteiger partial charge in [0.15, 0.2) is 17.6 Å². The van der Waals surface area contributed by atoms with Crippen molar-refractivity contribution in [2.45, 2.75) is 13.0 Å². The van der Waals surface area contributed by atoms with E-state index >= 15 is 0 Å². The van der Waals surface area contributed by atoms with Gasteiger partial charge in [-0.25, -0.2) is 14.3 Å². The van der Waals surface area contributed by atoms with Crippen molar-refractivity contribution in [1.29, 1.82) is 0 Å². The highest BCUT2D eigenvalue weighted by Gasteiger charge is 2.17. The molecule has 3 rings (SSSR count). The lowest BCUT2D eigenvalue weighted by Crippen LogP contribution is -2.24. The van der Waals surface area contributed by atoms with Crippen LogP contribution in [0.2, 0.25) is 0 Å². The lowest BCUT2D eigenvalue weighted by atomic mass is 10.1. The molecule has 32 heavy (non-hydrogen) atoms. The van der Waals surface area contributed by atoms with Crippen LogP contribution in [-0.4, -0.2) is 49.2 Å². The van der Waals surface area contributed by atoms with E-state index in [4.69, 9.17) is 19.3 Å². The predicted molar refractivity (Wildman–Crippen MR) is 119 cm³/mol. The van der Waals surface area contributed by atoms with Crippen molar-refractivity contribution in [1.82, 2.24) is 9.78 Å². The molecule has 1 unspecified atom stereocenters. The summed E-state index contributed by atoms with van der Waals surface area (Å²) >= 11 is 0. The molecule has 0 aliphatic heterocycles. The number of esters is 2. The van der Waals surface area contributed by atoms with E-state index in [0.29, 0.717) is 22.8 Å². The van der Waals surface area contributed by atoms with Crippen LogP contribution in [0.5, 0.6) is 11.5 Å². The van der Waals surface area contributed by atoms with Crippen LogP contribution in [0.3, 0.4) is 0 Å². The molecule has 8 heteroatoms. The van der Waals surface area contributed by atoms with E-state index in [1.807, 2.05) is 42.5 Å². The summed E-state index contributed by atoms with van der Waals surface area (Å²) in [6.07, 6.45) is 3.63. The van der Waals surface area contributed by atoms with Crippen molar-refractivity contribution >= 4 is 18.0 Å². The number of para-hydroxylation sites is 1. The Kier molecular flexibility index (Phi) is 7.28. The fourth-order valence-electron chi connectivity index (χ4n) is 3.02. The number of methoxy groups -OCH3 is 3. The Bertz CT molecular complexity index is 1120. The van der Waals surface area contributed by atoms with Gasteiger partial charge in [0.2, 0.25) is 0 Å². The zero-order chi connectivity index (χ0) is 23.1. The zero-order valence-corrected chi connectivity index (χ0v) is 18.3. The van der Waals surface area contributed by atoms with E-state index < -0.39 is 18.0 Å². The molecular formula is C24H24N2O6. The van der Waals surface area contributed by atoms with Crippen LogP contribution in [-0.2, 0) is 19.1 Å². The van der Waals surface area contributed by atoms with Gasteiger partial charge in [-0.05, 0) is 43.3 Å². The number of carbonyl (C=O) groups is 2. The van der Waals surface area contributed by atoms with Gasteiger partial charge in [-0.15, -0.1) is 0 Å². The molecule has 1 aromatic heterocycles. The highest BCUT2D eigenvalue weighted by Crippen LogP contribution is 2.33. The number of hydrogen-bond acceptors (Lipinski definition) is 7. The third-order valence-electron chi connectivity index (χ3n) is 4.65. The smallest absolute Gasteiger partial charge is 0.346 e. The van der Waals surface area contributed by atoms with Gasteiger partial charge in [0.05, 0.1) is 27.0 Å². The number of benzene rings is 2. The molecule has 0 N–H and O–H groups in total. The van der Waals surface area contributed by atoms with E-state index in [1.165, 1.54) is 20.1 Å². The third-order valence-corrected chi connectivity index (χ3v) is 4.65. The van der Waals surface area contributed by atoms with Crippen LogP contribution in [0.4, 0.5) is 0 Å². The Morgan fingerprint density at radius 1 is 1.00 bits per heavy atom. The maximum absolute atomic E-state index is 12.2. The molecule has 166 valence electrons. The fraction of sp³-hybridized carbons (Fsp3) is 0.208. The van der Waals surface area contributed by atoms with E-state index in [9.17, 15) is 9.59 Å². The van der Waals surface area contributed by atoms with Crippen molar-refractivity contribution in [3.63, 3.8) is 0 Å². The van der Waals surface area contributed by atoms with Crippen LogP contribution in [0.1, 0.15) is 12.5 Å². The summed E-state index contributed by atoms with van der Waals surface area (Å²) < 4.78 is 22.1. The van der Waals surface area contributed by atoms with E-state index in [-0.39, 0.29) is 0 Å². The lowest BCUT2D eigenvalue weighted by Gasteiger charge is -2.09. The van der Waals surface area contributed by atoms with Crippen molar-refractivity contribution in [3.05, 3.63) is 66.4 Å². The number of rotatable bonds is 8. The molecule has 2 aromatic carbocycles. The summed E-state index contributed by atoms with van der Waals surface area (Å²) in [7, 11) is 4.36.